The van der Waals surface area contributed by atoms with Gasteiger partial charge in [0.15, 0.2) is 0 Å². The van der Waals surface area contributed by atoms with Gasteiger partial charge in [-0.2, -0.15) is 0 Å². The Labute approximate surface area is 148 Å². The number of fused-ring (bicyclic) bond motifs is 1. The Hall–Kier alpha value is -3.09. The van der Waals surface area contributed by atoms with Gasteiger partial charge in [0.05, 0.1) is 22.9 Å². The molecule has 26 heavy (non-hydrogen) atoms. The number of rotatable bonds is 4. The zero-order valence-corrected chi connectivity index (χ0v) is 14.2. The summed E-state index contributed by atoms with van der Waals surface area (Å²) in [5, 5.41) is 2.81. The van der Waals surface area contributed by atoms with Gasteiger partial charge in [-0.25, -0.2) is 13.8 Å². The van der Waals surface area contributed by atoms with Crippen molar-refractivity contribution in [1.82, 2.24) is 9.55 Å². The second-order valence-corrected chi connectivity index (χ2v) is 6.28. The van der Waals surface area contributed by atoms with Gasteiger partial charge in [-0.15, -0.1) is 0 Å². The van der Waals surface area contributed by atoms with Crippen molar-refractivity contribution in [2.75, 3.05) is 5.32 Å². The molecule has 3 rings (SSSR count). The van der Waals surface area contributed by atoms with Crippen molar-refractivity contribution in [2.24, 2.45) is 5.92 Å². The quantitative estimate of drug-likeness (QED) is 0.777. The molecule has 0 unspecified atom stereocenters. The van der Waals surface area contributed by atoms with Crippen LogP contribution in [0.1, 0.15) is 19.9 Å². The molecule has 0 saturated heterocycles. The molecule has 0 saturated carbocycles. The van der Waals surface area contributed by atoms with E-state index in [2.05, 4.69) is 10.3 Å². The number of aromatic nitrogens is 2. The highest BCUT2D eigenvalue weighted by Crippen LogP contribution is 2.21. The average molecular weight is 357 g/mol. The number of benzene rings is 2. The maximum atomic E-state index is 13.8. The van der Waals surface area contributed by atoms with E-state index in [1.165, 1.54) is 10.9 Å². The Morgan fingerprint density at radius 1 is 1.15 bits per heavy atom. The van der Waals surface area contributed by atoms with E-state index in [0.29, 0.717) is 17.0 Å². The van der Waals surface area contributed by atoms with E-state index < -0.39 is 23.6 Å². The fourth-order valence-corrected chi connectivity index (χ4v) is 2.83. The molecule has 0 radical (unpaired) electrons. The molecule has 134 valence electrons. The summed E-state index contributed by atoms with van der Waals surface area (Å²) in [4.78, 5) is 29.7. The summed E-state index contributed by atoms with van der Waals surface area (Å²) in [6.45, 7) is 3.54. The van der Waals surface area contributed by atoms with Gasteiger partial charge in [0.1, 0.15) is 17.7 Å². The summed E-state index contributed by atoms with van der Waals surface area (Å²) in [6.07, 6.45) is 1.32. The van der Waals surface area contributed by atoms with Crippen LogP contribution in [0.15, 0.2) is 53.6 Å². The maximum Gasteiger partial charge on any atom is 0.261 e. The lowest BCUT2D eigenvalue weighted by atomic mass is 10.0. The Kier molecular flexibility index (Phi) is 4.79. The first-order chi connectivity index (χ1) is 12.4. The van der Waals surface area contributed by atoms with Crippen LogP contribution < -0.4 is 10.9 Å². The third kappa shape index (κ3) is 3.33. The molecule has 7 heteroatoms. The number of hydrogen-bond acceptors (Lipinski definition) is 3. The predicted octanol–water partition coefficient (Wildman–Crippen LogP) is 3.51. The molecule has 0 spiro atoms. The number of para-hydroxylation sites is 1. The van der Waals surface area contributed by atoms with Gasteiger partial charge < -0.3 is 5.32 Å². The number of carbonyl (C=O) groups is 1. The number of nitrogens with one attached hydrogen (secondary N) is 1. The summed E-state index contributed by atoms with van der Waals surface area (Å²) in [5.41, 5.74) is 0.0223. The van der Waals surface area contributed by atoms with Crippen LogP contribution in [-0.4, -0.2) is 15.5 Å². The molecule has 0 bridgehead atoms. The monoisotopic (exact) mass is 357 g/mol. The van der Waals surface area contributed by atoms with Crippen molar-refractivity contribution in [3.05, 3.63) is 70.8 Å². The normalized spacial score (nSPS) is 12.3. The average Bonchev–Trinajstić information content (AvgIpc) is 2.59. The molecule has 3 aromatic rings. The number of hydrogen-bond donors (Lipinski definition) is 1. The molecule has 1 amide bonds. The predicted molar refractivity (Wildman–Crippen MR) is 94.9 cm³/mol. The van der Waals surface area contributed by atoms with E-state index in [1.54, 1.807) is 38.1 Å². The summed E-state index contributed by atoms with van der Waals surface area (Å²) in [5.74, 6) is -2.47. The zero-order valence-electron chi connectivity index (χ0n) is 14.2. The van der Waals surface area contributed by atoms with Crippen LogP contribution in [-0.2, 0) is 4.79 Å². The highest BCUT2D eigenvalue weighted by Gasteiger charge is 2.26. The molecule has 1 atom stereocenters. The fourth-order valence-electron chi connectivity index (χ4n) is 2.83. The van der Waals surface area contributed by atoms with Crippen LogP contribution in [0.25, 0.3) is 10.9 Å². The second-order valence-electron chi connectivity index (χ2n) is 6.28. The van der Waals surface area contributed by atoms with Crippen LogP contribution >= 0.6 is 0 Å². The summed E-state index contributed by atoms with van der Waals surface area (Å²) in [6, 6.07) is 8.80. The van der Waals surface area contributed by atoms with Crippen molar-refractivity contribution in [2.45, 2.75) is 19.9 Å². The van der Waals surface area contributed by atoms with Gasteiger partial charge in [0.2, 0.25) is 5.91 Å². The fraction of sp³-hybridized carbons (Fsp3) is 0.211. The van der Waals surface area contributed by atoms with E-state index in [0.717, 1.165) is 12.1 Å². The van der Waals surface area contributed by atoms with Crippen molar-refractivity contribution >= 4 is 22.5 Å². The molecule has 1 heterocycles. The van der Waals surface area contributed by atoms with Crippen LogP contribution in [0.5, 0.6) is 0 Å². The third-order valence-corrected chi connectivity index (χ3v) is 4.08. The SMILES string of the molecule is CC(C)[C@@H](C(=O)Nc1ccc(F)cc1F)n1cnc2ccccc2c1=O. The molecule has 1 N–H and O–H groups in total. The molecule has 2 aromatic carbocycles. The van der Waals surface area contributed by atoms with Crippen LogP contribution in [0.4, 0.5) is 14.5 Å². The van der Waals surface area contributed by atoms with E-state index >= 15 is 0 Å². The van der Waals surface area contributed by atoms with Gasteiger partial charge in [0, 0.05) is 6.07 Å². The highest BCUT2D eigenvalue weighted by molar-refractivity contribution is 5.94. The molecule has 0 aliphatic carbocycles. The van der Waals surface area contributed by atoms with Gasteiger partial charge >= 0.3 is 0 Å². The van der Waals surface area contributed by atoms with E-state index in [9.17, 15) is 18.4 Å². The zero-order chi connectivity index (χ0) is 18.8. The first kappa shape index (κ1) is 17.7. The minimum Gasteiger partial charge on any atom is -0.322 e. The van der Waals surface area contributed by atoms with Gasteiger partial charge in [0.25, 0.3) is 5.56 Å². The Morgan fingerprint density at radius 3 is 2.58 bits per heavy atom. The molecule has 0 aliphatic heterocycles. The van der Waals surface area contributed by atoms with Crippen molar-refractivity contribution in [3.63, 3.8) is 0 Å². The Morgan fingerprint density at radius 2 is 1.88 bits per heavy atom. The van der Waals surface area contributed by atoms with E-state index in [-0.39, 0.29) is 17.2 Å². The number of anilines is 1. The van der Waals surface area contributed by atoms with Crippen molar-refractivity contribution < 1.29 is 13.6 Å². The van der Waals surface area contributed by atoms with Crippen LogP contribution in [0.2, 0.25) is 0 Å². The second kappa shape index (κ2) is 7.03. The molecule has 0 fully saturated rings. The van der Waals surface area contributed by atoms with Crippen molar-refractivity contribution in [3.8, 4) is 0 Å². The Bertz CT molecular complexity index is 1030. The Balaban J connectivity index is 2.00. The van der Waals surface area contributed by atoms with Crippen LogP contribution in [0.3, 0.4) is 0 Å². The summed E-state index contributed by atoms with van der Waals surface area (Å²) < 4.78 is 28.1. The smallest absolute Gasteiger partial charge is 0.261 e. The van der Waals surface area contributed by atoms with Gasteiger partial charge in [-0.3, -0.25) is 14.2 Å². The lowest BCUT2D eigenvalue weighted by molar-refractivity contribution is -0.120. The first-order valence-corrected chi connectivity index (χ1v) is 8.10. The highest BCUT2D eigenvalue weighted by atomic mass is 19.1. The minimum absolute atomic E-state index is 0.149. The summed E-state index contributed by atoms with van der Waals surface area (Å²) >= 11 is 0. The third-order valence-electron chi connectivity index (χ3n) is 4.08. The van der Waals surface area contributed by atoms with Crippen molar-refractivity contribution in [1.29, 1.82) is 0 Å². The largest absolute Gasteiger partial charge is 0.322 e. The standard InChI is InChI=1S/C19H17F2N3O2/c1-11(2)17(18(25)23-16-8-7-12(20)9-14(16)21)24-10-22-15-6-4-3-5-13(15)19(24)26/h3-11,17H,1-2H3,(H,23,25)/t17-/m0/s1. The van der Waals surface area contributed by atoms with Crippen LogP contribution in [0, 0.1) is 17.6 Å². The molecule has 0 aliphatic rings. The van der Waals surface area contributed by atoms with E-state index in [4.69, 9.17) is 0 Å². The number of amides is 1. The summed E-state index contributed by atoms with van der Waals surface area (Å²) in [7, 11) is 0. The first-order valence-electron chi connectivity index (χ1n) is 8.10. The number of carbonyl (C=O) groups excluding carboxylic acids is 1. The molecular formula is C19H17F2N3O2. The topological polar surface area (TPSA) is 64.0 Å². The molecule has 1 aromatic heterocycles. The lowest BCUT2D eigenvalue weighted by Gasteiger charge is -2.22. The lowest BCUT2D eigenvalue weighted by Crippen LogP contribution is -2.36. The molecular weight excluding hydrogens is 340 g/mol. The number of nitrogens with zero attached hydrogens (tertiary/aromatic N) is 2. The number of halogens is 2. The maximum absolute atomic E-state index is 13.8. The van der Waals surface area contributed by atoms with Gasteiger partial charge in [-0.05, 0) is 30.2 Å². The minimum atomic E-state index is -0.899. The van der Waals surface area contributed by atoms with Gasteiger partial charge in [-0.1, -0.05) is 26.0 Å². The molecule has 5 nitrogen and oxygen atoms in total. The van der Waals surface area contributed by atoms with E-state index in [1.807, 2.05) is 0 Å².